The van der Waals surface area contributed by atoms with E-state index in [1.807, 2.05) is 69.3 Å². The van der Waals surface area contributed by atoms with Crippen LogP contribution in [0.3, 0.4) is 0 Å². The minimum absolute atomic E-state index is 0.0265. The highest BCUT2D eigenvalue weighted by Gasteiger charge is 2.10. The minimum atomic E-state index is -0.119. The molecule has 0 aromatic heterocycles. The third-order valence-corrected chi connectivity index (χ3v) is 3.37. The van der Waals surface area contributed by atoms with Crippen LogP contribution >= 0.6 is 0 Å². The lowest BCUT2D eigenvalue weighted by Crippen LogP contribution is -2.31. The second kappa shape index (κ2) is 6.93. The molecule has 1 N–H and O–H groups in total. The summed E-state index contributed by atoms with van der Waals surface area (Å²) in [5.74, 6) is 0.634. The summed E-state index contributed by atoms with van der Waals surface area (Å²) >= 11 is 0. The first kappa shape index (κ1) is 15.1. The highest BCUT2D eigenvalue weighted by atomic mass is 16.5. The lowest BCUT2D eigenvalue weighted by Gasteiger charge is -2.15. The Balaban J connectivity index is 1.87. The van der Waals surface area contributed by atoms with E-state index in [0.717, 1.165) is 16.9 Å². The maximum absolute atomic E-state index is 11.9. The summed E-state index contributed by atoms with van der Waals surface area (Å²) in [5, 5.41) is 2.93. The summed E-state index contributed by atoms with van der Waals surface area (Å²) < 4.78 is 5.58. The standard InChI is InChI=1S/C18H21NO2/c1-13-9-10-17(14(2)11-13)21-12-18(20)19-15(3)16-7-5-4-6-8-16/h4-11,15H,12H2,1-3H3,(H,19,20)/t15-/m0/s1. The molecule has 0 aliphatic carbocycles. The molecule has 1 amide bonds. The number of aryl methyl sites for hydroxylation is 2. The average molecular weight is 283 g/mol. The smallest absolute Gasteiger partial charge is 0.258 e. The normalized spacial score (nSPS) is 11.8. The summed E-state index contributed by atoms with van der Waals surface area (Å²) in [5.41, 5.74) is 3.30. The highest BCUT2D eigenvalue weighted by Crippen LogP contribution is 2.18. The quantitative estimate of drug-likeness (QED) is 0.911. The number of nitrogens with one attached hydrogen (secondary N) is 1. The van der Waals surface area contributed by atoms with Gasteiger partial charge < -0.3 is 10.1 Å². The molecule has 110 valence electrons. The van der Waals surface area contributed by atoms with Crippen LogP contribution in [-0.2, 0) is 4.79 Å². The Morgan fingerprint density at radius 2 is 1.86 bits per heavy atom. The zero-order valence-corrected chi connectivity index (χ0v) is 12.7. The van der Waals surface area contributed by atoms with Crippen LogP contribution < -0.4 is 10.1 Å². The van der Waals surface area contributed by atoms with Crippen molar-refractivity contribution in [1.82, 2.24) is 5.32 Å². The molecule has 2 rings (SSSR count). The highest BCUT2D eigenvalue weighted by molar-refractivity contribution is 5.78. The molecule has 0 heterocycles. The molecule has 3 heteroatoms. The third kappa shape index (κ3) is 4.35. The van der Waals surface area contributed by atoms with Gasteiger partial charge in [0.05, 0.1) is 6.04 Å². The molecule has 2 aromatic carbocycles. The fourth-order valence-corrected chi connectivity index (χ4v) is 2.21. The lowest BCUT2D eigenvalue weighted by atomic mass is 10.1. The van der Waals surface area contributed by atoms with Crippen LogP contribution in [-0.4, -0.2) is 12.5 Å². The van der Waals surface area contributed by atoms with Crippen LogP contribution in [0.5, 0.6) is 5.75 Å². The summed E-state index contributed by atoms with van der Waals surface area (Å²) in [4.78, 5) is 11.9. The van der Waals surface area contributed by atoms with Crippen LogP contribution in [0, 0.1) is 13.8 Å². The molecule has 0 spiro atoms. The zero-order chi connectivity index (χ0) is 15.2. The van der Waals surface area contributed by atoms with Crippen molar-refractivity contribution in [2.75, 3.05) is 6.61 Å². The van der Waals surface area contributed by atoms with Gasteiger partial charge in [0.15, 0.2) is 6.61 Å². The predicted molar refractivity (Wildman–Crippen MR) is 84.4 cm³/mol. The van der Waals surface area contributed by atoms with Gasteiger partial charge in [0.1, 0.15) is 5.75 Å². The van der Waals surface area contributed by atoms with E-state index in [9.17, 15) is 4.79 Å². The molecule has 0 aliphatic heterocycles. The Morgan fingerprint density at radius 1 is 1.14 bits per heavy atom. The van der Waals surface area contributed by atoms with Gasteiger partial charge in [0.25, 0.3) is 5.91 Å². The van der Waals surface area contributed by atoms with Crippen molar-refractivity contribution in [2.45, 2.75) is 26.8 Å². The summed E-state index contributed by atoms with van der Waals surface area (Å²) in [6.07, 6.45) is 0. The molecular formula is C18H21NO2. The van der Waals surface area contributed by atoms with Gasteiger partial charge in [-0.05, 0) is 38.0 Å². The first-order valence-corrected chi connectivity index (χ1v) is 7.10. The molecule has 0 bridgehead atoms. The lowest BCUT2D eigenvalue weighted by molar-refractivity contribution is -0.123. The van der Waals surface area contributed by atoms with Crippen molar-refractivity contribution in [1.29, 1.82) is 0 Å². The van der Waals surface area contributed by atoms with Gasteiger partial charge in [-0.25, -0.2) is 0 Å². The van der Waals surface area contributed by atoms with E-state index in [4.69, 9.17) is 4.74 Å². The number of hydrogen-bond acceptors (Lipinski definition) is 2. The number of rotatable bonds is 5. The van der Waals surface area contributed by atoms with Crippen molar-refractivity contribution >= 4 is 5.91 Å². The molecule has 0 unspecified atom stereocenters. The molecule has 0 aliphatic rings. The second-order valence-electron chi connectivity index (χ2n) is 5.26. The van der Waals surface area contributed by atoms with E-state index in [-0.39, 0.29) is 18.6 Å². The van der Waals surface area contributed by atoms with Crippen molar-refractivity contribution in [3.8, 4) is 5.75 Å². The minimum Gasteiger partial charge on any atom is -0.484 e. The van der Waals surface area contributed by atoms with Gasteiger partial charge in [0.2, 0.25) is 0 Å². The average Bonchev–Trinajstić information content (AvgIpc) is 2.47. The molecule has 0 fully saturated rings. The molecule has 1 atom stereocenters. The van der Waals surface area contributed by atoms with Crippen LogP contribution in [0.2, 0.25) is 0 Å². The number of amides is 1. The van der Waals surface area contributed by atoms with Gasteiger partial charge >= 0.3 is 0 Å². The maximum atomic E-state index is 11.9. The first-order chi connectivity index (χ1) is 10.1. The molecule has 0 saturated carbocycles. The first-order valence-electron chi connectivity index (χ1n) is 7.10. The van der Waals surface area contributed by atoms with Crippen LogP contribution in [0.4, 0.5) is 0 Å². The van der Waals surface area contributed by atoms with E-state index >= 15 is 0 Å². The fraction of sp³-hybridized carbons (Fsp3) is 0.278. The number of carbonyl (C=O) groups excluding carboxylic acids is 1. The largest absolute Gasteiger partial charge is 0.484 e. The van der Waals surface area contributed by atoms with Gasteiger partial charge in [0, 0.05) is 0 Å². The van der Waals surface area contributed by atoms with Crippen LogP contribution in [0.25, 0.3) is 0 Å². The van der Waals surface area contributed by atoms with Crippen LogP contribution in [0.1, 0.15) is 29.7 Å². The van der Waals surface area contributed by atoms with E-state index in [1.165, 1.54) is 5.56 Å². The Morgan fingerprint density at radius 3 is 2.52 bits per heavy atom. The van der Waals surface area contributed by atoms with E-state index in [2.05, 4.69) is 5.32 Å². The van der Waals surface area contributed by atoms with Crippen molar-refractivity contribution in [3.63, 3.8) is 0 Å². The molecule has 3 nitrogen and oxygen atoms in total. The van der Waals surface area contributed by atoms with E-state index < -0.39 is 0 Å². The summed E-state index contributed by atoms with van der Waals surface area (Å²) in [6.45, 7) is 6.00. The predicted octanol–water partition coefficient (Wildman–Crippen LogP) is 3.56. The van der Waals surface area contributed by atoms with E-state index in [1.54, 1.807) is 0 Å². The van der Waals surface area contributed by atoms with Gasteiger partial charge in [-0.15, -0.1) is 0 Å². The maximum Gasteiger partial charge on any atom is 0.258 e. The van der Waals surface area contributed by atoms with Crippen molar-refractivity contribution < 1.29 is 9.53 Å². The third-order valence-electron chi connectivity index (χ3n) is 3.37. The number of benzene rings is 2. The number of carbonyl (C=O) groups is 1. The molecular weight excluding hydrogens is 262 g/mol. The van der Waals surface area contributed by atoms with Crippen LogP contribution in [0.15, 0.2) is 48.5 Å². The van der Waals surface area contributed by atoms with Crippen molar-refractivity contribution in [3.05, 3.63) is 65.2 Å². The van der Waals surface area contributed by atoms with Crippen molar-refractivity contribution in [2.24, 2.45) is 0 Å². The van der Waals surface area contributed by atoms with Gasteiger partial charge in [-0.2, -0.15) is 0 Å². The number of hydrogen-bond donors (Lipinski definition) is 1. The van der Waals surface area contributed by atoms with E-state index in [0.29, 0.717) is 0 Å². The van der Waals surface area contributed by atoms with Gasteiger partial charge in [-0.3, -0.25) is 4.79 Å². The Labute approximate surface area is 126 Å². The Hall–Kier alpha value is -2.29. The molecule has 21 heavy (non-hydrogen) atoms. The summed E-state index contributed by atoms with van der Waals surface area (Å²) in [7, 11) is 0. The molecule has 0 saturated heterocycles. The van der Waals surface area contributed by atoms with Gasteiger partial charge in [-0.1, -0.05) is 48.0 Å². The number of ether oxygens (including phenoxy) is 1. The molecule has 2 aromatic rings. The second-order valence-corrected chi connectivity index (χ2v) is 5.26. The Kier molecular flexibility index (Phi) is 4.99. The topological polar surface area (TPSA) is 38.3 Å². The monoisotopic (exact) mass is 283 g/mol. The zero-order valence-electron chi connectivity index (χ0n) is 12.7. The summed E-state index contributed by atoms with van der Waals surface area (Å²) in [6, 6.07) is 15.8. The molecule has 0 radical (unpaired) electrons. The Bertz CT molecular complexity index is 608. The SMILES string of the molecule is Cc1ccc(OCC(=O)N[C@@H](C)c2ccccc2)c(C)c1. The fourth-order valence-electron chi connectivity index (χ4n) is 2.21.